The van der Waals surface area contributed by atoms with Crippen molar-refractivity contribution < 1.29 is 23.1 Å². The summed E-state index contributed by atoms with van der Waals surface area (Å²) in [7, 11) is -3.50. The molecule has 108 valence electrons. The minimum absolute atomic E-state index is 0.0205. The van der Waals surface area contributed by atoms with Crippen LogP contribution in [0, 0.1) is 0 Å². The summed E-state index contributed by atoms with van der Waals surface area (Å²) in [6, 6.07) is 0. The normalized spacial score (nSPS) is 12.9. The summed E-state index contributed by atoms with van der Waals surface area (Å²) < 4.78 is 30.5. The van der Waals surface area contributed by atoms with E-state index in [1.54, 1.807) is 27.7 Å². The summed E-state index contributed by atoms with van der Waals surface area (Å²) in [6.45, 7) is 7.58. The van der Waals surface area contributed by atoms with Gasteiger partial charge >= 0.3 is 5.97 Å². The average Bonchev–Trinajstić information content (AvgIpc) is 2.14. The molecule has 0 bridgehead atoms. The Hall–Kier alpha value is -0.660. The maximum Gasteiger partial charge on any atom is 0.304 e. The minimum Gasteiger partial charge on any atom is -0.481 e. The highest BCUT2D eigenvalue weighted by Crippen LogP contribution is 2.19. The quantitative estimate of drug-likeness (QED) is 0.669. The van der Waals surface area contributed by atoms with Crippen molar-refractivity contribution in [3.8, 4) is 0 Å². The molecular formula is C11H23NO5S. The molecule has 0 atom stereocenters. The molecule has 0 aromatic rings. The van der Waals surface area contributed by atoms with E-state index in [0.29, 0.717) is 6.61 Å². The lowest BCUT2D eigenvalue weighted by Crippen LogP contribution is -2.48. The number of ether oxygens (including phenoxy) is 1. The van der Waals surface area contributed by atoms with Crippen molar-refractivity contribution >= 4 is 16.0 Å². The van der Waals surface area contributed by atoms with Crippen LogP contribution >= 0.6 is 0 Å². The highest BCUT2D eigenvalue weighted by atomic mass is 32.2. The first-order valence-corrected chi connectivity index (χ1v) is 7.52. The van der Waals surface area contributed by atoms with Gasteiger partial charge in [-0.15, -0.1) is 0 Å². The molecule has 0 aliphatic heterocycles. The molecule has 0 rings (SSSR count). The first kappa shape index (κ1) is 17.3. The van der Waals surface area contributed by atoms with E-state index in [4.69, 9.17) is 9.84 Å². The Kier molecular flexibility index (Phi) is 6.80. The molecule has 0 unspecified atom stereocenters. The number of carboxylic acids is 1. The zero-order valence-corrected chi connectivity index (χ0v) is 12.3. The molecule has 0 radical (unpaired) electrons. The SMILES string of the molecule is CCOCCS(=O)(=O)N(CCC(=O)O)C(C)(C)C. The molecule has 6 nitrogen and oxygen atoms in total. The fourth-order valence-corrected chi connectivity index (χ4v) is 3.26. The zero-order chi connectivity index (χ0) is 14.4. The van der Waals surface area contributed by atoms with E-state index >= 15 is 0 Å². The molecule has 0 aromatic heterocycles. The Morgan fingerprint density at radius 3 is 2.28 bits per heavy atom. The summed E-state index contributed by atoms with van der Waals surface area (Å²) >= 11 is 0. The molecule has 0 amide bonds. The molecule has 1 N–H and O–H groups in total. The van der Waals surface area contributed by atoms with Crippen LogP contribution < -0.4 is 0 Å². The number of rotatable bonds is 8. The van der Waals surface area contributed by atoms with Crippen LogP contribution in [-0.4, -0.2) is 54.8 Å². The fraction of sp³-hybridized carbons (Fsp3) is 0.909. The Bertz CT molecular complexity index is 358. The van der Waals surface area contributed by atoms with Gasteiger partial charge in [0.25, 0.3) is 0 Å². The Morgan fingerprint density at radius 1 is 1.33 bits per heavy atom. The van der Waals surface area contributed by atoms with E-state index in [-0.39, 0.29) is 25.3 Å². The molecule has 7 heteroatoms. The van der Waals surface area contributed by atoms with Gasteiger partial charge in [-0.25, -0.2) is 8.42 Å². The number of sulfonamides is 1. The van der Waals surface area contributed by atoms with Crippen LogP contribution in [0.3, 0.4) is 0 Å². The van der Waals surface area contributed by atoms with Crippen molar-refractivity contribution in [2.24, 2.45) is 0 Å². The summed E-state index contributed by atoms with van der Waals surface area (Å²) in [5, 5.41) is 8.66. The largest absolute Gasteiger partial charge is 0.481 e. The van der Waals surface area contributed by atoms with Crippen molar-refractivity contribution in [2.45, 2.75) is 39.7 Å². The molecule has 0 saturated carbocycles. The molecule has 0 saturated heterocycles. The second kappa shape index (κ2) is 7.06. The summed E-state index contributed by atoms with van der Waals surface area (Å²) in [5.74, 6) is -1.14. The number of carboxylic acid groups (broad SMARTS) is 1. The van der Waals surface area contributed by atoms with Crippen LogP contribution in [0.15, 0.2) is 0 Å². The third-order valence-corrected chi connectivity index (χ3v) is 4.39. The molecule has 0 aromatic carbocycles. The number of hydrogen-bond acceptors (Lipinski definition) is 4. The lowest BCUT2D eigenvalue weighted by atomic mass is 10.1. The average molecular weight is 281 g/mol. The first-order valence-electron chi connectivity index (χ1n) is 5.91. The highest BCUT2D eigenvalue weighted by molar-refractivity contribution is 7.89. The second-order valence-corrected chi connectivity index (χ2v) is 6.91. The maximum atomic E-state index is 12.1. The van der Waals surface area contributed by atoms with E-state index in [1.807, 2.05) is 0 Å². The van der Waals surface area contributed by atoms with Gasteiger partial charge in [0, 0.05) is 18.7 Å². The summed E-state index contributed by atoms with van der Waals surface area (Å²) in [6.07, 6.45) is -0.203. The van der Waals surface area contributed by atoms with Crippen LogP contribution in [0.5, 0.6) is 0 Å². The zero-order valence-electron chi connectivity index (χ0n) is 11.5. The van der Waals surface area contributed by atoms with Crippen LogP contribution in [0.4, 0.5) is 0 Å². The van der Waals surface area contributed by atoms with E-state index in [9.17, 15) is 13.2 Å². The van der Waals surface area contributed by atoms with E-state index < -0.39 is 21.5 Å². The third-order valence-electron chi connectivity index (χ3n) is 2.30. The number of aliphatic carboxylic acids is 1. The van der Waals surface area contributed by atoms with Crippen LogP contribution in [0.1, 0.15) is 34.1 Å². The predicted octanol–water partition coefficient (Wildman–Crippen LogP) is 0.928. The standard InChI is InChI=1S/C11H23NO5S/c1-5-17-8-9-18(15,16)12(11(2,3)4)7-6-10(13)14/h5-9H2,1-4H3,(H,13,14). The van der Waals surface area contributed by atoms with Crippen LogP contribution in [0.2, 0.25) is 0 Å². The molecule has 0 fully saturated rings. The maximum absolute atomic E-state index is 12.1. The topological polar surface area (TPSA) is 83.9 Å². The van der Waals surface area contributed by atoms with Crippen LogP contribution in [-0.2, 0) is 19.6 Å². The van der Waals surface area contributed by atoms with Crippen molar-refractivity contribution in [1.29, 1.82) is 0 Å². The lowest BCUT2D eigenvalue weighted by molar-refractivity contribution is -0.137. The molecule has 18 heavy (non-hydrogen) atoms. The molecular weight excluding hydrogens is 258 g/mol. The highest BCUT2D eigenvalue weighted by Gasteiger charge is 2.32. The van der Waals surface area contributed by atoms with Gasteiger partial charge in [0.05, 0.1) is 18.8 Å². The monoisotopic (exact) mass is 281 g/mol. The number of nitrogens with zero attached hydrogens (tertiary/aromatic N) is 1. The molecule has 0 heterocycles. The van der Waals surface area contributed by atoms with Gasteiger partial charge in [-0.05, 0) is 27.7 Å². The minimum atomic E-state index is -3.50. The van der Waals surface area contributed by atoms with Crippen molar-refractivity contribution in [3.63, 3.8) is 0 Å². The van der Waals surface area contributed by atoms with E-state index in [0.717, 1.165) is 0 Å². The smallest absolute Gasteiger partial charge is 0.304 e. The van der Waals surface area contributed by atoms with Gasteiger partial charge in [0.15, 0.2) is 0 Å². The first-order chi connectivity index (χ1) is 8.11. The van der Waals surface area contributed by atoms with Gasteiger partial charge in [-0.3, -0.25) is 4.79 Å². The Morgan fingerprint density at radius 2 is 1.89 bits per heavy atom. The summed E-state index contributed by atoms with van der Waals surface area (Å²) in [5.41, 5.74) is -0.638. The van der Waals surface area contributed by atoms with Crippen molar-refractivity contribution in [3.05, 3.63) is 0 Å². The molecule has 0 aliphatic rings. The number of hydrogen-bond donors (Lipinski definition) is 1. The van der Waals surface area contributed by atoms with Crippen molar-refractivity contribution in [1.82, 2.24) is 4.31 Å². The fourth-order valence-electron chi connectivity index (χ4n) is 1.51. The van der Waals surface area contributed by atoms with Gasteiger partial charge in [0.1, 0.15) is 0 Å². The van der Waals surface area contributed by atoms with Gasteiger partial charge in [-0.1, -0.05) is 0 Å². The lowest BCUT2D eigenvalue weighted by Gasteiger charge is -2.34. The molecule has 0 spiro atoms. The predicted molar refractivity (Wildman–Crippen MR) is 69.0 cm³/mol. The Labute approximate surface area is 109 Å². The number of carbonyl (C=O) groups is 1. The van der Waals surface area contributed by atoms with E-state index in [2.05, 4.69) is 0 Å². The summed E-state index contributed by atoms with van der Waals surface area (Å²) in [4.78, 5) is 10.6. The van der Waals surface area contributed by atoms with Gasteiger partial charge in [-0.2, -0.15) is 4.31 Å². The van der Waals surface area contributed by atoms with Gasteiger partial charge < -0.3 is 9.84 Å². The molecule has 0 aliphatic carbocycles. The Balaban J connectivity index is 4.78. The van der Waals surface area contributed by atoms with Crippen LogP contribution in [0.25, 0.3) is 0 Å². The van der Waals surface area contributed by atoms with Crippen molar-refractivity contribution in [2.75, 3.05) is 25.5 Å². The third kappa shape index (κ3) is 6.32. The van der Waals surface area contributed by atoms with Gasteiger partial charge in [0.2, 0.25) is 10.0 Å². The van der Waals surface area contributed by atoms with E-state index in [1.165, 1.54) is 4.31 Å². The second-order valence-electron chi connectivity index (χ2n) is 4.90.